The number of aliphatic hydroxyl groups is 1. The Balaban J connectivity index is 1.44. The van der Waals surface area contributed by atoms with Crippen molar-refractivity contribution >= 4 is 0 Å². The molecule has 21 heavy (non-hydrogen) atoms. The van der Waals surface area contributed by atoms with Gasteiger partial charge in [0.1, 0.15) is 12.4 Å². The number of hydrogen-bond acceptors (Lipinski definition) is 3. The van der Waals surface area contributed by atoms with Crippen molar-refractivity contribution in [2.45, 2.75) is 57.2 Å². The molecular formula is C18H26O3. The normalized spacial score (nSPS) is 27.9. The van der Waals surface area contributed by atoms with Crippen molar-refractivity contribution in [2.75, 3.05) is 13.2 Å². The van der Waals surface area contributed by atoms with Gasteiger partial charge >= 0.3 is 0 Å². The van der Waals surface area contributed by atoms with Crippen LogP contribution in [0.2, 0.25) is 0 Å². The zero-order valence-corrected chi connectivity index (χ0v) is 12.7. The van der Waals surface area contributed by atoms with Gasteiger partial charge in [-0.1, -0.05) is 43.9 Å². The van der Waals surface area contributed by atoms with Gasteiger partial charge in [0.25, 0.3) is 0 Å². The van der Waals surface area contributed by atoms with Gasteiger partial charge in [0.15, 0.2) is 0 Å². The molecule has 2 saturated carbocycles. The largest absolute Gasteiger partial charge is 0.491 e. The molecule has 0 heterocycles. The SMILES string of the molecule is OC1CC(OCCOc2ccccc2)C12CCCCCC2. The summed E-state index contributed by atoms with van der Waals surface area (Å²) in [7, 11) is 0. The average molecular weight is 290 g/mol. The standard InChI is InChI=1S/C18H26O3/c19-16-14-17(18(16)10-6-1-2-7-11-18)21-13-12-20-15-8-4-3-5-9-15/h3-5,8-9,16-17,19H,1-2,6-7,10-14H2. The van der Waals surface area contributed by atoms with Crippen molar-refractivity contribution in [1.29, 1.82) is 0 Å². The van der Waals surface area contributed by atoms with Crippen LogP contribution in [0.15, 0.2) is 30.3 Å². The van der Waals surface area contributed by atoms with E-state index in [0.717, 1.165) is 25.0 Å². The molecule has 2 atom stereocenters. The van der Waals surface area contributed by atoms with E-state index in [1.807, 2.05) is 30.3 Å². The zero-order chi connectivity index (χ0) is 14.5. The first kappa shape index (κ1) is 14.9. The smallest absolute Gasteiger partial charge is 0.119 e. The van der Waals surface area contributed by atoms with E-state index in [4.69, 9.17) is 9.47 Å². The zero-order valence-electron chi connectivity index (χ0n) is 12.7. The van der Waals surface area contributed by atoms with Crippen LogP contribution in [0.4, 0.5) is 0 Å². The summed E-state index contributed by atoms with van der Waals surface area (Å²) in [6.07, 6.45) is 8.19. The molecule has 0 saturated heterocycles. The molecule has 1 spiro atoms. The highest BCUT2D eigenvalue weighted by atomic mass is 16.5. The third kappa shape index (κ3) is 3.24. The van der Waals surface area contributed by atoms with Gasteiger partial charge in [-0.15, -0.1) is 0 Å². The number of para-hydroxylation sites is 1. The minimum Gasteiger partial charge on any atom is -0.491 e. The first-order chi connectivity index (χ1) is 10.3. The molecular weight excluding hydrogens is 264 g/mol. The van der Waals surface area contributed by atoms with E-state index < -0.39 is 0 Å². The summed E-state index contributed by atoms with van der Waals surface area (Å²) < 4.78 is 11.7. The van der Waals surface area contributed by atoms with Crippen LogP contribution in [0.1, 0.15) is 44.9 Å². The minimum atomic E-state index is -0.157. The van der Waals surface area contributed by atoms with Crippen LogP contribution in [0, 0.1) is 5.41 Å². The number of hydrogen-bond donors (Lipinski definition) is 1. The van der Waals surface area contributed by atoms with Gasteiger partial charge < -0.3 is 14.6 Å². The summed E-state index contributed by atoms with van der Waals surface area (Å²) in [5.74, 6) is 0.888. The van der Waals surface area contributed by atoms with Gasteiger partial charge in [0.05, 0.1) is 18.8 Å². The van der Waals surface area contributed by atoms with Gasteiger partial charge in [-0.05, 0) is 25.0 Å². The molecule has 0 radical (unpaired) electrons. The summed E-state index contributed by atoms with van der Waals surface area (Å²) in [5, 5.41) is 10.2. The lowest BCUT2D eigenvalue weighted by molar-refractivity contribution is -0.200. The number of rotatable bonds is 5. The topological polar surface area (TPSA) is 38.7 Å². The maximum absolute atomic E-state index is 10.2. The monoisotopic (exact) mass is 290 g/mol. The molecule has 3 rings (SSSR count). The van der Waals surface area contributed by atoms with E-state index in [1.165, 1.54) is 25.7 Å². The summed E-state index contributed by atoms with van der Waals surface area (Å²) in [4.78, 5) is 0. The van der Waals surface area contributed by atoms with Gasteiger partial charge in [-0.25, -0.2) is 0 Å². The highest BCUT2D eigenvalue weighted by molar-refractivity contribution is 5.20. The molecule has 1 aromatic rings. The lowest BCUT2D eigenvalue weighted by Gasteiger charge is -2.53. The van der Waals surface area contributed by atoms with Gasteiger partial charge in [-0.3, -0.25) is 0 Å². The summed E-state index contributed by atoms with van der Waals surface area (Å²) in [6, 6.07) is 9.84. The second-order valence-electron chi connectivity index (χ2n) is 6.42. The molecule has 0 aromatic heterocycles. The second-order valence-corrected chi connectivity index (χ2v) is 6.42. The number of benzene rings is 1. The molecule has 116 valence electrons. The molecule has 0 amide bonds. The average Bonchev–Trinajstić information content (AvgIpc) is 2.79. The van der Waals surface area contributed by atoms with Crippen molar-refractivity contribution in [2.24, 2.45) is 5.41 Å². The molecule has 2 aliphatic carbocycles. The van der Waals surface area contributed by atoms with Crippen LogP contribution in [0.5, 0.6) is 5.75 Å². The van der Waals surface area contributed by atoms with Gasteiger partial charge in [-0.2, -0.15) is 0 Å². The number of aliphatic hydroxyl groups excluding tert-OH is 1. The predicted octanol–water partition coefficient (Wildman–Crippen LogP) is 3.56. The van der Waals surface area contributed by atoms with Crippen molar-refractivity contribution < 1.29 is 14.6 Å². The Morgan fingerprint density at radius 1 is 1.00 bits per heavy atom. The predicted molar refractivity (Wildman–Crippen MR) is 82.4 cm³/mol. The fraction of sp³-hybridized carbons (Fsp3) is 0.667. The first-order valence-electron chi connectivity index (χ1n) is 8.29. The maximum atomic E-state index is 10.2. The van der Waals surface area contributed by atoms with E-state index in [9.17, 15) is 5.11 Å². The van der Waals surface area contributed by atoms with E-state index in [-0.39, 0.29) is 17.6 Å². The maximum Gasteiger partial charge on any atom is 0.119 e. The quantitative estimate of drug-likeness (QED) is 0.843. The summed E-state index contributed by atoms with van der Waals surface area (Å²) in [5.41, 5.74) is 0.0449. The molecule has 2 unspecified atom stereocenters. The fourth-order valence-electron chi connectivity index (χ4n) is 3.87. The second kappa shape index (κ2) is 6.80. The van der Waals surface area contributed by atoms with E-state index in [2.05, 4.69) is 0 Å². The van der Waals surface area contributed by atoms with Gasteiger partial charge in [0.2, 0.25) is 0 Å². The lowest BCUT2D eigenvalue weighted by atomic mass is 9.59. The molecule has 2 aliphatic rings. The van der Waals surface area contributed by atoms with Crippen LogP contribution < -0.4 is 4.74 Å². The Morgan fingerprint density at radius 3 is 2.38 bits per heavy atom. The summed E-state index contributed by atoms with van der Waals surface area (Å²) >= 11 is 0. The number of ether oxygens (including phenoxy) is 2. The Hall–Kier alpha value is -1.06. The van der Waals surface area contributed by atoms with Gasteiger partial charge in [0, 0.05) is 11.8 Å². The molecule has 1 N–H and O–H groups in total. The Bertz CT molecular complexity index is 423. The molecule has 3 heteroatoms. The Kier molecular flexibility index (Phi) is 4.81. The van der Waals surface area contributed by atoms with Crippen molar-refractivity contribution in [3.63, 3.8) is 0 Å². The third-order valence-corrected chi connectivity index (χ3v) is 5.19. The fourth-order valence-corrected chi connectivity index (χ4v) is 3.87. The molecule has 0 aliphatic heterocycles. The molecule has 0 bridgehead atoms. The van der Waals surface area contributed by atoms with Crippen LogP contribution >= 0.6 is 0 Å². The van der Waals surface area contributed by atoms with Crippen molar-refractivity contribution in [1.82, 2.24) is 0 Å². The van der Waals surface area contributed by atoms with Crippen LogP contribution in [0.25, 0.3) is 0 Å². The van der Waals surface area contributed by atoms with E-state index in [1.54, 1.807) is 0 Å². The third-order valence-electron chi connectivity index (χ3n) is 5.19. The van der Waals surface area contributed by atoms with E-state index in [0.29, 0.717) is 13.2 Å². The highest BCUT2D eigenvalue weighted by Gasteiger charge is 2.54. The van der Waals surface area contributed by atoms with E-state index >= 15 is 0 Å². The minimum absolute atomic E-state index is 0.0449. The van der Waals surface area contributed by atoms with Crippen LogP contribution in [-0.2, 0) is 4.74 Å². The Labute approximate surface area is 127 Å². The first-order valence-corrected chi connectivity index (χ1v) is 8.29. The van der Waals surface area contributed by atoms with Crippen molar-refractivity contribution in [3.05, 3.63) is 30.3 Å². The highest BCUT2D eigenvalue weighted by Crippen LogP contribution is 2.52. The molecule has 3 nitrogen and oxygen atoms in total. The van der Waals surface area contributed by atoms with Crippen molar-refractivity contribution in [3.8, 4) is 5.75 Å². The Morgan fingerprint density at radius 2 is 1.71 bits per heavy atom. The van der Waals surface area contributed by atoms with Crippen LogP contribution in [-0.4, -0.2) is 30.5 Å². The van der Waals surface area contributed by atoms with Crippen LogP contribution in [0.3, 0.4) is 0 Å². The molecule has 2 fully saturated rings. The lowest BCUT2D eigenvalue weighted by Crippen LogP contribution is -2.58. The summed E-state index contributed by atoms with van der Waals surface area (Å²) in [6.45, 7) is 1.18. The molecule has 1 aromatic carbocycles.